The smallest absolute Gasteiger partial charge is 0.233 e. The zero-order chi connectivity index (χ0) is 15.0. The maximum atomic E-state index is 12.8. The van der Waals surface area contributed by atoms with Crippen LogP contribution in [0.25, 0.3) is 11.0 Å². The minimum absolute atomic E-state index is 0.148. The van der Waals surface area contributed by atoms with Crippen LogP contribution in [0.15, 0.2) is 34.7 Å². The highest BCUT2D eigenvalue weighted by atomic mass is 16.3. The van der Waals surface area contributed by atoms with Crippen molar-refractivity contribution in [3.8, 4) is 0 Å². The molecule has 112 valence electrons. The van der Waals surface area contributed by atoms with Gasteiger partial charge in [-0.05, 0) is 32.9 Å². The SMILES string of the molecule is CC(C(=O)N1CCNC(C)C1C)c1cc2ccccc2o1. The lowest BCUT2D eigenvalue weighted by Gasteiger charge is -2.39. The third kappa shape index (κ3) is 2.56. The second-order valence-corrected chi connectivity index (χ2v) is 5.92. The lowest BCUT2D eigenvalue weighted by atomic mass is 10.0. The number of piperazine rings is 1. The van der Waals surface area contributed by atoms with Crippen molar-refractivity contribution in [1.82, 2.24) is 10.2 Å². The molecule has 1 aromatic carbocycles. The van der Waals surface area contributed by atoms with Gasteiger partial charge in [-0.1, -0.05) is 18.2 Å². The monoisotopic (exact) mass is 286 g/mol. The molecule has 1 aliphatic rings. The molecule has 2 heterocycles. The molecular weight excluding hydrogens is 264 g/mol. The highest BCUT2D eigenvalue weighted by Crippen LogP contribution is 2.27. The van der Waals surface area contributed by atoms with Crippen molar-refractivity contribution >= 4 is 16.9 Å². The second-order valence-electron chi connectivity index (χ2n) is 5.92. The number of carbonyl (C=O) groups is 1. The van der Waals surface area contributed by atoms with Gasteiger partial charge in [0.2, 0.25) is 5.91 Å². The topological polar surface area (TPSA) is 45.5 Å². The van der Waals surface area contributed by atoms with E-state index in [2.05, 4.69) is 19.2 Å². The predicted molar refractivity (Wildman–Crippen MR) is 83.3 cm³/mol. The number of nitrogens with one attached hydrogen (secondary N) is 1. The molecule has 1 amide bonds. The molecule has 1 aromatic heterocycles. The summed E-state index contributed by atoms with van der Waals surface area (Å²) in [5.74, 6) is 0.652. The highest BCUT2D eigenvalue weighted by Gasteiger charge is 2.32. The van der Waals surface area contributed by atoms with Crippen LogP contribution in [-0.2, 0) is 4.79 Å². The van der Waals surface area contributed by atoms with Crippen molar-refractivity contribution < 1.29 is 9.21 Å². The van der Waals surface area contributed by atoms with Crippen LogP contribution in [0.3, 0.4) is 0 Å². The fourth-order valence-electron chi connectivity index (χ4n) is 2.95. The molecule has 0 saturated carbocycles. The number of hydrogen-bond donors (Lipinski definition) is 1. The number of nitrogens with zero attached hydrogens (tertiary/aromatic N) is 1. The largest absolute Gasteiger partial charge is 0.460 e. The first-order chi connectivity index (χ1) is 10.1. The van der Waals surface area contributed by atoms with Gasteiger partial charge in [0.25, 0.3) is 0 Å². The van der Waals surface area contributed by atoms with Gasteiger partial charge in [0.05, 0.1) is 5.92 Å². The van der Waals surface area contributed by atoms with Crippen molar-refractivity contribution in [3.63, 3.8) is 0 Å². The van der Waals surface area contributed by atoms with Gasteiger partial charge in [0, 0.05) is 30.6 Å². The van der Waals surface area contributed by atoms with Gasteiger partial charge in [0.15, 0.2) is 0 Å². The summed E-state index contributed by atoms with van der Waals surface area (Å²) in [6, 6.07) is 10.4. The Morgan fingerprint density at radius 1 is 1.38 bits per heavy atom. The fourth-order valence-corrected chi connectivity index (χ4v) is 2.95. The number of carbonyl (C=O) groups excluding carboxylic acids is 1. The van der Waals surface area contributed by atoms with E-state index in [4.69, 9.17) is 4.42 Å². The summed E-state index contributed by atoms with van der Waals surface area (Å²) in [7, 11) is 0. The maximum absolute atomic E-state index is 12.8. The second kappa shape index (κ2) is 5.53. The Labute approximate surface area is 125 Å². The van der Waals surface area contributed by atoms with Gasteiger partial charge >= 0.3 is 0 Å². The lowest BCUT2D eigenvalue weighted by molar-refractivity contribution is -0.136. The Hall–Kier alpha value is -1.81. The average molecular weight is 286 g/mol. The molecule has 4 heteroatoms. The summed E-state index contributed by atoms with van der Waals surface area (Å²) >= 11 is 0. The van der Waals surface area contributed by atoms with Gasteiger partial charge < -0.3 is 14.6 Å². The molecule has 3 unspecified atom stereocenters. The van der Waals surface area contributed by atoms with E-state index in [1.165, 1.54) is 0 Å². The van der Waals surface area contributed by atoms with E-state index in [0.717, 1.165) is 29.8 Å². The number of rotatable bonds is 2. The molecule has 3 rings (SSSR count). The van der Waals surface area contributed by atoms with E-state index in [1.54, 1.807) is 0 Å². The molecule has 1 aliphatic heterocycles. The van der Waals surface area contributed by atoms with Crippen LogP contribution in [-0.4, -0.2) is 36.0 Å². The summed E-state index contributed by atoms with van der Waals surface area (Å²) in [5, 5.41) is 4.45. The normalized spacial score (nSPS) is 24.2. The van der Waals surface area contributed by atoms with Crippen LogP contribution in [0.4, 0.5) is 0 Å². The zero-order valence-electron chi connectivity index (χ0n) is 12.8. The van der Waals surface area contributed by atoms with E-state index < -0.39 is 0 Å². The first-order valence-electron chi connectivity index (χ1n) is 7.60. The van der Waals surface area contributed by atoms with Gasteiger partial charge in [-0.3, -0.25) is 4.79 Å². The average Bonchev–Trinajstić information content (AvgIpc) is 2.92. The van der Waals surface area contributed by atoms with Crippen LogP contribution in [0, 0.1) is 0 Å². The van der Waals surface area contributed by atoms with E-state index in [1.807, 2.05) is 42.2 Å². The van der Waals surface area contributed by atoms with Crippen LogP contribution in [0.1, 0.15) is 32.4 Å². The zero-order valence-corrected chi connectivity index (χ0v) is 12.8. The third-order valence-corrected chi connectivity index (χ3v) is 4.56. The quantitative estimate of drug-likeness (QED) is 0.923. The highest BCUT2D eigenvalue weighted by molar-refractivity contribution is 5.85. The summed E-state index contributed by atoms with van der Waals surface area (Å²) in [6.45, 7) is 7.76. The van der Waals surface area contributed by atoms with E-state index in [9.17, 15) is 4.79 Å². The fraction of sp³-hybridized carbons (Fsp3) is 0.471. The van der Waals surface area contributed by atoms with Gasteiger partial charge in [-0.25, -0.2) is 0 Å². The standard InChI is InChI=1S/C17H22N2O2/c1-11(16-10-14-6-4-5-7-15(14)21-16)17(20)19-9-8-18-12(2)13(19)3/h4-7,10-13,18H,8-9H2,1-3H3. The molecular formula is C17H22N2O2. The van der Waals surface area contributed by atoms with Gasteiger partial charge in [-0.2, -0.15) is 0 Å². The van der Waals surface area contributed by atoms with Gasteiger partial charge in [0.1, 0.15) is 11.3 Å². The number of furan rings is 1. The molecule has 1 N–H and O–H groups in total. The Bertz CT molecular complexity index is 616. The Morgan fingerprint density at radius 3 is 2.90 bits per heavy atom. The summed E-state index contributed by atoms with van der Waals surface area (Å²) < 4.78 is 5.84. The molecule has 2 aromatic rings. The third-order valence-electron chi connectivity index (χ3n) is 4.56. The number of amides is 1. The number of para-hydroxylation sites is 1. The van der Waals surface area contributed by atoms with Crippen molar-refractivity contribution in [2.45, 2.75) is 38.8 Å². The number of fused-ring (bicyclic) bond motifs is 1. The van der Waals surface area contributed by atoms with Crippen LogP contribution in [0.5, 0.6) is 0 Å². The van der Waals surface area contributed by atoms with Gasteiger partial charge in [-0.15, -0.1) is 0 Å². The molecule has 0 bridgehead atoms. The van der Waals surface area contributed by atoms with Crippen molar-refractivity contribution in [2.75, 3.05) is 13.1 Å². The molecule has 0 aliphatic carbocycles. The van der Waals surface area contributed by atoms with E-state index in [0.29, 0.717) is 6.04 Å². The molecule has 4 nitrogen and oxygen atoms in total. The molecule has 0 radical (unpaired) electrons. The first kappa shape index (κ1) is 14.1. The summed E-state index contributed by atoms with van der Waals surface area (Å²) in [6.07, 6.45) is 0. The van der Waals surface area contributed by atoms with Crippen molar-refractivity contribution in [3.05, 3.63) is 36.1 Å². The first-order valence-corrected chi connectivity index (χ1v) is 7.60. The summed E-state index contributed by atoms with van der Waals surface area (Å²) in [4.78, 5) is 14.7. The minimum Gasteiger partial charge on any atom is -0.460 e. The molecule has 21 heavy (non-hydrogen) atoms. The Balaban J connectivity index is 1.83. The van der Waals surface area contributed by atoms with Crippen molar-refractivity contribution in [1.29, 1.82) is 0 Å². The van der Waals surface area contributed by atoms with E-state index in [-0.39, 0.29) is 17.9 Å². The molecule has 0 spiro atoms. The molecule has 1 fully saturated rings. The van der Waals surface area contributed by atoms with Crippen molar-refractivity contribution in [2.24, 2.45) is 0 Å². The van der Waals surface area contributed by atoms with Crippen LogP contribution >= 0.6 is 0 Å². The predicted octanol–water partition coefficient (Wildman–Crippen LogP) is 2.75. The van der Waals surface area contributed by atoms with E-state index >= 15 is 0 Å². The minimum atomic E-state index is -0.245. The van der Waals surface area contributed by atoms with Crippen LogP contribution in [0.2, 0.25) is 0 Å². The number of hydrogen-bond acceptors (Lipinski definition) is 3. The Morgan fingerprint density at radius 2 is 2.14 bits per heavy atom. The molecule has 1 saturated heterocycles. The van der Waals surface area contributed by atoms with Crippen LogP contribution < -0.4 is 5.32 Å². The maximum Gasteiger partial charge on any atom is 0.233 e. The number of benzene rings is 1. The molecule has 3 atom stereocenters. The Kier molecular flexibility index (Phi) is 3.72. The summed E-state index contributed by atoms with van der Waals surface area (Å²) in [5.41, 5.74) is 0.842. The lowest BCUT2D eigenvalue weighted by Crippen LogP contribution is -2.57.